The van der Waals surface area contributed by atoms with Gasteiger partial charge in [-0.25, -0.2) is 0 Å². The van der Waals surface area contributed by atoms with Gasteiger partial charge in [-0.1, -0.05) is 18.2 Å². The number of amides is 2. The summed E-state index contributed by atoms with van der Waals surface area (Å²) in [4.78, 5) is 27.2. The molecule has 2 atom stereocenters. The highest BCUT2D eigenvalue weighted by molar-refractivity contribution is 5.96. The van der Waals surface area contributed by atoms with E-state index < -0.39 is 0 Å². The van der Waals surface area contributed by atoms with Crippen molar-refractivity contribution < 1.29 is 9.59 Å². The highest BCUT2D eigenvalue weighted by Crippen LogP contribution is 2.33. The van der Waals surface area contributed by atoms with Crippen LogP contribution < -0.4 is 10.6 Å². The second-order valence-electron chi connectivity index (χ2n) is 7.65. The average molecular weight is 383 g/mol. The summed E-state index contributed by atoms with van der Waals surface area (Å²) in [5.74, 6) is -0.323. The number of benzene rings is 1. The summed E-state index contributed by atoms with van der Waals surface area (Å²) in [5.41, 5.74) is 4.06. The van der Waals surface area contributed by atoms with Gasteiger partial charge in [0.1, 0.15) is 0 Å². The van der Waals surface area contributed by atoms with Crippen molar-refractivity contribution in [2.45, 2.75) is 45.7 Å². The number of hydrogen-bond acceptors (Lipinski definition) is 3. The molecule has 2 heterocycles. The highest BCUT2D eigenvalue weighted by Gasteiger charge is 2.34. The molecule has 6 heteroatoms. The maximum Gasteiger partial charge on any atom is 0.243 e. The van der Waals surface area contributed by atoms with Crippen LogP contribution in [0.5, 0.6) is 0 Å². The molecule has 0 saturated carbocycles. The molecule has 0 bridgehead atoms. The van der Waals surface area contributed by atoms with E-state index >= 15 is 0 Å². The maximum absolute atomic E-state index is 12.7. The fourth-order valence-electron chi connectivity index (χ4n) is 4.05. The molecule has 3 rings (SSSR count). The van der Waals surface area contributed by atoms with Crippen molar-refractivity contribution >= 4 is 17.5 Å². The molecule has 1 saturated heterocycles. The van der Waals surface area contributed by atoms with Crippen LogP contribution in [0, 0.1) is 13.8 Å². The number of anilines is 1. The lowest BCUT2D eigenvalue weighted by Gasteiger charge is -2.30. The second-order valence-corrected chi connectivity index (χ2v) is 7.65. The summed E-state index contributed by atoms with van der Waals surface area (Å²) < 4.78 is 2.12. The standard InChI is InChI=1S/C22H30N4O2/c1-15-8-5-9-16(2)21(15)24-20(27)14-23-22(28)17(3)26-13-7-11-19(26)18-10-6-12-25(18)4/h5-6,8-10,12,17,19H,7,11,13-14H2,1-4H3,(H,23,28)(H,24,27)/t17-,19+/m0/s1. The predicted molar refractivity (Wildman–Crippen MR) is 111 cm³/mol. The van der Waals surface area contributed by atoms with Crippen LogP contribution in [-0.2, 0) is 16.6 Å². The molecule has 2 amide bonds. The SMILES string of the molecule is Cc1cccc(C)c1NC(=O)CNC(=O)[C@H](C)N1CCC[C@@H]1c1cccn1C. The van der Waals surface area contributed by atoms with Crippen molar-refractivity contribution in [3.05, 3.63) is 53.3 Å². The summed E-state index contributed by atoms with van der Waals surface area (Å²) in [7, 11) is 2.04. The maximum atomic E-state index is 12.7. The third kappa shape index (κ3) is 4.28. The average Bonchev–Trinajstić information content (AvgIpc) is 3.30. The van der Waals surface area contributed by atoms with Gasteiger partial charge in [-0.3, -0.25) is 14.5 Å². The number of hydrogen-bond donors (Lipinski definition) is 2. The number of carbonyl (C=O) groups excluding carboxylic acids is 2. The molecule has 0 spiro atoms. The number of carbonyl (C=O) groups is 2. The van der Waals surface area contributed by atoms with Crippen LogP contribution >= 0.6 is 0 Å². The predicted octanol–water partition coefficient (Wildman–Crippen LogP) is 2.92. The minimum atomic E-state index is -0.282. The van der Waals surface area contributed by atoms with Crippen LogP contribution in [0.3, 0.4) is 0 Å². The molecular weight excluding hydrogens is 352 g/mol. The van der Waals surface area contributed by atoms with E-state index in [4.69, 9.17) is 0 Å². The lowest BCUT2D eigenvalue weighted by molar-refractivity contribution is -0.128. The molecule has 0 radical (unpaired) electrons. The number of para-hydroxylation sites is 1. The number of nitrogens with one attached hydrogen (secondary N) is 2. The molecular formula is C22H30N4O2. The summed E-state index contributed by atoms with van der Waals surface area (Å²) in [6.07, 6.45) is 4.15. The van der Waals surface area contributed by atoms with Gasteiger partial charge >= 0.3 is 0 Å². The van der Waals surface area contributed by atoms with E-state index in [9.17, 15) is 9.59 Å². The third-order valence-electron chi connectivity index (χ3n) is 5.67. The van der Waals surface area contributed by atoms with E-state index in [1.54, 1.807) is 0 Å². The van der Waals surface area contributed by atoms with Crippen molar-refractivity contribution in [3.8, 4) is 0 Å². The zero-order valence-corrected chi connectivity index (χ0v) is 17.2. The monoisotopic (exact) mass is 382 g/mol. The molecule has 150 valence electrons. The van der Waals surface area contributed by atoms with E-state index in [1.165, 1.54) is 5.69 Å². The van der Waals surface area contributed by atoms with Gasteiger partial charge < -0.3 is 15.2 Å². The molecule has 6 nitrogen and oxygen atoms in total. The fourth-order valence-corrected chi connectivity index (χ4v) is 4.05. The van der Waals surface area contributed by atoms with E-state index in [2.05, 4.69) is 26.2 Å². The highest BCUT2D eigenvalue weighted by atomic mass is 16.2. The van der Waals surface area contributed by atoms with Crippen LogP contribution in [0.4, 0.5) is 5.69 Å². The Kier molecular flexibility index (Phi) is 6.19. The lowest BCUT2D eigenvalue weighted by Crippen LogP contribution is -2.46. The Labute approximate surface area is 166 Å². The van der Waals surface area contributed by atoms with E-state index in [-0.39, 0.29) is 30.4 Å². The number of nitrogens with zero attached hydrogens (tertiary/aromatic N) is 2. The first kappa shape index (κ1) is 20.1. The summed E-state index contributed by atoms with van der Waals surface area (Å²) in [6.45, 7) is 6.69. The van der Waals surface area contributed by atoms with Crippen LogP contribution in [0.2, 0.25) is 0 Å². The van der Waals surface area contributed by atoms with Gasteiger partial charge in [0.2, 0.25) is 11.8 Å². The van der Waals surface area contributed by atoms with Crippen molar-refractivity contribution in [1.82, 2.24) is 14.8 Å². The van der Waals surface area contributed by atoms with Gasteiger partial charge in [0.05, 0.1) is 18.6 Å². The third-order valence-corrected chi connectivity index (χ3v) is 5.67. The van der Waals surface area contributed by atoms with Gasteiger partial charge in [-0.05, 0) is 63.4 Å². The molecule has 2 N–H and O–H groups in total. The molecule has 1 aromatic carbocycles. The van der Waals surface area contributed by atoms with Crippen molar-refractivity contribution in [2.24, 2.45) is 7.05 Å². The first-order valence-electron chi connectivity index (χ1n) is 9.89. The van der Waals surface area contributed by atoms with Crippen LogP contribution in [0.1, 0.15) is 42.6 Å². The zero-order valence-electron chi connectivity index (χ0n) is 17.2. The summed E-state index contributed by atoms with van der Waals surface area (Å²) >= 11 is 0. The molecule has 0 aliphatic carbocycles. The van der Waals surface area contributed by atoms with Gasteiger partial charge in [-0.2, -0.15) is 0 Å². The quantitative estimate of drug-likeness (QED) is 0.807. The largest absolute Gasteiger partial charge is 0.353 e. The van der Waals surface area contributed by atoms with Gasteiger partial charge in [-0.15, -0.1) is 0 Å². The number of likely N-dealkylation sites (tertiary alicyclic amines) is 1. The molecule has 1 aliphatic rings. The summed E-state index contributed by atoms with van der Waals surface area (Å²) in [5, 5.41) is 5.71. The van der Waals surface area contributed by atoms with Gasteiger partial charge in [0.15, 0.2) is 0 Å². The van der Waals surface area contributed by atoms with Crippen molar-refractivity contribution in [2.75, 3.05) is 18.4 Å². The van der Waals surface area contributed by atoms with Crippen LogP contribution in [-0.4, -0.2) is 40.4 Å². The fraction of sp³-hybridized carbons (Fsp3) is 0.455. The van der Waals surface area contributed by atoms with Crippen LogP contribution in [0.25, 0.3) is 0 Å². The second kappa shape index (κ2) is 8.61. The Morgan fingerprint density at radius 3 is 2.54 bits per heavy atom. The Bertz CT molecular complexity index is 838. The minimum absolute atomic E-state index is 0.0282. The van der Waals surface area contributed by atoms with E-state index in [1.807, 2.05) is 58.3 Å². The molecule has 2 aromatic rings. The Hall–Kier alpha value is -2.60. The number of rotatable bonds is 6. The molecule has 1 aromatic heterocycles. The molecule has 0 unspecified atom stereocenters. The molecule has 1 aliphatic heterocycles. The normalized spacial score (nSPS) is 18.1. The zero-order chi connectivity index (χ0) is 20.3. The number of aryl methyl sites for hydroxylation is 3. The number of aromatic nitrogens is 1. The smallest absolute Gasteiger partial charge is 0.243 e. The van der Waals surface area contributed by atoms with Crippen LogP contribution in [0.15, 0.2) is 36.5 Å². The molecule has 1 fully saturated rings. The van der Waals surface area contributed by atoms with Gasteiger partial charge in [0, 0.05) is 24.6 Å². The first-order chi connectivity index (χ1) is 13.4. The molecule has 28 heavy (non-hydrogen) atoms. The first-order valence-corrected chi connectivity index (χ1v) is 9.89. The topological polar surface area (TPSA) is 66.4 Å². The summed E-state index contributed by atoms with van der Waals surface area (Å²) in [6, 6.07) is 9.99. The van der Waals surface area contributed by atoms with Crippen molar-refractivity contribution in [3.63, 3.8) is 0 Å². The van der Waals surface area contributed by atoms with Gasteiger partial charge in [0.25, 0.3) is 0 Å². The van der Waals surface area contributed by atoms with E-state index in [0.717, 1.165) is 36.2 Å². The van der Waals surface area contributed by atoms with Crippen molar-refractivity contribution in [1.29, 1.82) is 0 Å². The minimum Gasteiger partial charge on any atom is -0.353 e. The Balaban J connectivity index is 1.57. The Morgan fingerprint density at radius 1 is 1.18 bits per heavy atom. The lowest BCUT2D eigenvalue weighted by atomic mass is 10.1. The Morgan fingerprint density at radius 2 is 1.89 bits per heavy atom. The van der Waals surface area contributed by atoms with E-state index in [0.29, 0.717) is 0 Å².